The fourth-order valence-corrected chi connectivity index (χ4v) is 3.35. The summed E-state index contributed by atoms with van der Waals surface area (Å²) in [5.74, 6) is 0.0832. The summed E-state index contributed by atoms with van der Waals surface area (Å²) in [4.78, 5) is 24.7. The molecule has 1 amide bonds. The molecule has 2 unspecified atom stereocenters. The molecule has 2 N–H and O–H groups in total. The number of thiophene rings is 1. The minimum Gasteiger partial charge on any atom is -0.469 e. The van der Waals surface area contributed by atoms with Crippen molar-refractivity contribution in [2.45, 2.75) is 31.7 Å². The molecule has 0 bridgehead atoms. The van der Waals surface area contributed by atoms with Crippen LogP contribution in [0.1, 0.15) is 36.6 Å². The molecule has 1 aliphatic heterocycles. The first-order chi connectivity index (χ1) is 10.2. The average molecular weight is 310 g/mol. The highest BCUT2D eigenvalue weighted by molar-refractivity contribution is 7.10. The molecule has 0 saturated carbocycles. The summed E-state index contributed by atoms with van der Waals surface area (Å²) < 4.78 is 4.71. The number of amides is 1. The van der Waals surface area contributed by atoms with Crippen LogP contribution in [0.3, 0.4) is 0 Å². The van der Waals surface area contributed by atoms with Gasteiger partial charge in [0, 0.05) is 11.3 Å². The Bertz CT molecular complexity index is 455. The summed E-state index contributed by atoms with van der Waals surface area (Å²) in [7, 11) is 1.36. The smallest absolute Gasteiger partial charge is 0.307 e. The van der Waals surface area contributed by atoms with Gasteiger partial charge in [0.25, 0.3) is 0 Å². The Morgan fingerprint density at radius 1 is 1.57 bits per heavy atom. The summed E-state index contributed by atoms with van der Waals surface area (Å²) in [6.45, 7) is 1.94. The summed E-state index contributed by atoms with van der Waals surface area (Å²) in [6, 6.07) is 3.56. The maximum atomic E-state index is 12.2. The van der Waals surface area contributed by atoms with Gasteiger partial charge in [-0.3, -0.25) is 9.59 Å². The van der Waals surface area contributed by atoms with Crippen LogP contribution in [0.4, 0.5) is 0 Å². The van der Waals surface area contributed by atoms with Crippen LogP contribution < -0.4 is 10.6 Å². The lowest BCUT2D eigenvalue weighted by molar-refractivity contribution is -0.141. The molecule has 2 heterocycles. The van der Waals surface area contributed by atoms with E-state index in [1.54, 1.807) is 0 Å². The fraction of sp³-hybridized carbons (Fsp3) is 0.600. The Balaban J connectivity index is 1.91. The predicted molar refractivity (Wildman–Crippen MR) is 82.0 cm³/mol. The van der Waals surface area contributed by atoms with Crippen molar-refractivity contribution in [2.24, 2.45) is 5.92 Å². The summed E-state index contributed by atoms with van der Waals surface area (Å²) >= 11 is 1.54. The highest BCUT2D eigenvalue weighted by atomic mass is 32.1. The van der Waals surface area contributed by atoms with E-state index in [0.717, 1.165) is 30.8 Å². The van der Waals surface area contributed by atoms with Crippen molar-refractivity contribution in [3.05, 3.63) is 22.4 Å². The molecule has 0 aliphatic carbocycles. The standard InChI is InChI=1S/C15H22N2O3S/c1-20-15(19)9-12(13-5-3-7-21-13)17-14(18)8-11-4-2-6-16-10-11/h3,5,7,11-12,16H,2,4,6,8-10H2,1H3,(H,17,18). The van der Waals surface area contributed by atoms with Gasteiger partial charge < -0.3 is 15.4 Å². The van der Waals surface area contributed by atoms with Crippen LogP contribution in [-0.2, 0) is 14.3 Å². The molecule has 0 aromatic carbocycles. The van der Waals surface area contributed by atoms with E-state index < -0.39 is 0 Å². The molecule has 6 heteroatoms. The van der Waals surface area contributed by atoms with Crippen LogP contribution in [0, 0.1) is 5.92 Å². The Morgan fingerprint density at radius 2 is 2.43 bits per heavy atom. The third-order valence-electron chi connectivity index (χ3n) is 3.69. The molecule has 0 spiro atoms. The van der Waals surface area contributed by atoms with E-state index in [-0.39, 0.29) is 24.3 Å². The Kier molecular flexibility index (Phi) is 6.20. The zero-order chi connectivity index (χ0) is 15.1. The van der Waals surface area contributed by atoms with Crippen LogP contribution in [0.5, 0.6) is 0 Å². The molecule has 21 heavy (non-hydrogen) atoms. The first-order valence-electron chi connectivity index (χ1n) is 7.29. The first-order valence-corrected chi connectivity index (χ1v) is 8.17. The zero-order valence-electron chi connectivity index (χ0n) is 12.3. The number of hydrogen-bond acceptors (Lipinski definition) is 5. The number of esters is 1. The second-order valence-corrected chi connectivity index (χ2v) is 6.31. The van der Waals surface area contributed by atoms with E-state index in [2.05, 4.69) is 10.6 Å². The summed E-state index contributed by atoms with van der Waals surface area (Å²) in [5.41, 5.74) is 0. The molecule has 1 saturated heterocycles. The van der Waals surface area contributed by atoms with E-state index >= 15 is 0 Å². The number of ether oxygens (including phenoxy) is 1. The molecular formula is C15H22N2O3S. The lowest BCUT2D eigenvalue weighted by Crippen LogP contribution is -2.36. The minimum absolute atomic E-state index is 0.00556. The average Bonchev–Trinajstić information content (AvgIpc) is 3.01. The lowest BCUT2D eigenvalue weighted by Gasteiger charge is -2.23. The third-order valence-corrected chi connectivity index (χ3v) is 4.68. The number of nitrogens with one attached hydrogen (secondary N) is 2. The van der Waals surface area contributed by atoms with Gasteiger partial charge in [0.05, 0.1) is 19.6 Å². The van der Waals surface area contributed by atoms with Gasteiger partial charge in [0.2, 0.25) is 5.91 Å². The second kappa shape index (κ2) is 8.14. The van der Waals surface area contributed by atoms with Gasteiger partial charge in [-0.2, -0.15) is 0 Å². The van der Waals surface area contributed by atoms with E-state index in [9.17, 15) is 9.59 Å². The van der Waals surface area contributed by atoms with Crippen molar-refractivity contribution in [3.63, 3.8) is 0 Å². The topological polar surface area (TPSA) is 67.4 Å². The molecule has 5 nitrogen and oxygen atoms in total. The van der Waals surface area contributed by atoms with Gasteiger partial charge >= 0.3 is 5.97 Å². The van der Waals surface area contributed by atoms with Crippen LogP contribution in [0.25, 0.3) is 0 Å². The van der Waals surface area contributed by atoms with E-state index in [4.69, 9.17) is 4.74 Å². The van der Waals surface area contributed by atoms with E-state index in [1.807, 2.05) is 17.5 Å². The number of rotatable bonds is 6. The molecule has 0 radical (unpaired) electrons. The maximum Gasteiger partial charge on any atom is 0.307 e. The van der Waals surface area contributed by atoms with Crippen LogP contribution in [0.2, 0.25) is 0 Å². The molecule has 2 atom stereocenters. The van der Waals surface area contributed by atoms with Crippen molar-refractivity contribution in [1.82, 2.24) is 10.6 Å². The number of carbonyl (C=O) groups excluding carboxylic acids is 2. The number of piperidine rings is 1. The molecule has 1 aliphatic rings. The molecule has 1 aromatic heterocycles. The fourth-order valence-electron chi connectivity index (χ4n) is 2.58. The first kappa shape index (κ1) is 16.0. The zero-order valence-corrected chi connectivity index (χ0v) is 13.1. The second-order valence-electron chi connectivity index (χ2n) is 5.33. The number of carbonyl (C=O) groups is 2. The van der Waals surface area contributed by atoms with Crippen molar-refractivity contribution >= 4 is 23.2 Å². The van der Waals surface area contributed by atoms with Gasteiger partial charge in [0.1, 0.15) is 0 Å². The Morgan fingerprint density at radius 3 is 3.05 bits per heavy atom. The molecule has 116 valence electrons. The van der Waals surface area contributed by atoms with Crippen molar-refractivity contribution in [2.75, 3.05) is 20.2 Å². The van der Waals surface area contributed by atoms with Gasteiger partial charge in [-0.05, 0) is 43.3 Å². The van der Waals surface area contributed by atoms with Gasteiger partial charge in [-0.25, -0.2) is 0 Å². The monoisotopic (exact) mass is 310 g/mol. The summed E-state index contributed by atoms with van der Waals surface area (Å²) in [5, 5.41) is 8.23. The van der Waals surface area contributed by atoms with Gasteiger partial charge in [-0.15, -0.1) is 11.3 Å². The van der Waals surface area contributed by atoms with Gasteiger partial charge in [0.15, 0.2) is 0 Å². The van der Waals surface area contributed by atoms with Crippen LogP contribution in [-0.4, -0.2) is 32.1 Å². The normalized spacial score (nSPS) is 19.8. The number of methoxy groups -OCH3 is 1. The SMILES string of the molecule is COC(=O)CC(NC(=O)CC1CCCNC1)c1cccs1. The molecular weight excluding hydrogens is 288 g/mol. The molecule has 1 aromatic rings. The highest BCUT2D eigenvalue weighted by Gasteiger charge is 2.22. The van der Waals surface area contributed by atoms with Crippen molar-refractivity contribution < 1.29 is 14.3 Å². The third kappa shape index (κ3) is 5.13. The maximum absolute atomic E-state index is 12.2. The highest BCUT2D eigenvalue weighted by Crippen LogP contribution is 2.23. The lowest BCUT2D eigenvalue weighted by atomic mass is 9.95. The van der Waals surface area contributed by atoms with Gasteiger partial charge in [-0.1, -0.05) is 6.07 Å². The van der Waals surface area contributed by atoms with Crippen LogP contribution in [0.15, 0.2) is 17.5 Å². The Hall–Kier alpha value is -1.40. The number of hydrogen-bond donors (Lipinski definition) is 2. The molecule has 2 rings (SSSR count). The van der Waals surface area contributed by atoms with Crippen molar-refractivity contribution in [3.8, 4) is 0 Å². The summed E-state index contributed by atoms with van der Waals surface area (Å²) in [6.07, 6.45) is 2.89. The van der Waals surface area contributed by atoms with E-state index in [0.29, 0.717) is 12.3 Å². The van der Waals surface area contributed by atoms with Crippen molar-refractivity contribution in [1.29, 1.82) is 0 Å². The predicted octanol–water partition coefficient (Wildman–Crippen LogP) is 1.86. The van der Waals surface area contributed by atoms with E-state index in [1.165, 1.54) is 18.4 Å². The minimum atomic E-state index is -0.312. The Labute approximate surface area is 129 Å². The largest absolute Gasteiger partial charge is 0.469 e. The van der Waals surface area contributed by atoms with Crippen LogP contribution >= 0.6 is 11.3 Å². The quantitative estimate of drug-likeness (QED) is 0.787. The molecule has 1 fully saturated rings.